The van der Waals surface area contributed by atoms with Crippen LogP contribution in [0.1, 0.15) is 6.92 Å². The highest BCUT2D eigenvalue weighted by molar-refractivity contribution is 6.66. The number of hydrogen-bond acceptors (Lipinski definition) is 4. The Morgan fingerprint density at radius 2 is 2.33 bits per heavy atom. The third kappa shape index (κ3) is 1.57. The Hall–Kier alpha value is -0.770. The average Bonchev–Trinajstić information content (AvgIpc) is 1.59. The molecular weight excluding hydrogens is 140 g/mol. The minimum absolute atomic E-state index is 0.154. The molecular formula is C4H7ClN4. The van der Waals surface area contributed by atoms with Crippen LogP contribution in [-0.2, 0) is 0 Å². The minimum atomic E-state index is -0.154. The van der Waals surface area contributed by atoms with Crippen LogP contribution in [0.25, 0.3) is 0 Å². The molecule has 0 amide bonds. The first kappa shape index (κ1) is 6.35. The lowest BCUT2D eigenvalue weighted by molar-refractivity contribution is 0.772. The van der Waals surface area contributed by atoms with Crippen LogP contribution in [0, 0.1) is 0 Å². The van der Waals surface area contributed by atoms with Crippen molar-refractivity contribution < 1.29 is 0 Å². The molecule has 5 heteroatoms. The zero-order chi connectivity index (χ0) is 6.85. The predicted molar refractivity (Wildman–Crippen MR) is 37.5 cm³/mol. The molecule has 0 radical (unpaired) electrons. The van der Waals surface area contributed by atoms with Gasteiger partial charge in [-0.2, -0.15) is 0 Å². The number of hydrogen-bond donors (Lipinski definition) is 2. The van der Waals surface area contributed by atoms with Gasteiger partial charge in [-0.25, -0.2) is 9.98 Å². The molecule has 0 saturated carbocycles. The Kier molecular flexibility index (Phi) is 1.57. The number of rotatable bonds is 0. The summed E-state index contributed by atoms with van der Waals surface area (Å²) in [6.07, 6.45) is -0.154. The standard InChI is InChI=1S/C4H7ClN4/c1-2-7-3(5)9-4(6)8-2/h2H,1H3,(H3,6,7,8,9). The summed E-state index contributed by atoms with van der Waals surface area (Å²) in [5.74, 6) is 0.322. The third-order valence-electron chi connectivity index (χ3n) is 0.857. The molecule has 9 heavy (non-hydrogen) atoms. The highest BCUT2D eigenvalue weighted by atomic mass is 35.5. The van der Waals surface area contributed by atoms with Gasteiger partial charge in [-0.1, -0.05) is 0 Å². The van der Waals surface area contributed by atoms with E-state index in [-0.39, 0.29) is 6.17 Å². The van der Waals surface area contributed by atoms with Crippen LogP contribution in [0.5, 0.6) is 0 Å². The molecule has 0 aliphatic carbocycles. The van der Waals surface area contributed by atoms with Crippen molar-refractivity contribution >= 4 is 22.9 Å². The Morgan fingerprint density at radius 3 is 2.78 bits per heavy atom. The van der Waals surface area contributed by atoms with E-state index >= 15 is 0 Å². The van der Waals surface area contributed by atoms with E-state index in [0.29, 0.717) is 11.3 Å². The summed E-state index contributed by atoms with van der Waals surface area (Å²) >= 11 is 5.48. The zero-order valence-corrected chi connectivity index (χ0v) is 5.68. The number of nitrogens with two attached hydrogens (primary N) is 1. The maximum Gasteiger partial charge on any atom is 0.200 e. The van der Waals surface area contributed by atoms with Gasteiger partial charge in [0.05, 0.1) is 0 Å². The largest absolute Gasteiger partial charge is 0.370 e. The quantitative estimate of drug-likeness (QED) is 0.467. The second-order valence-electron chi connectivity index (χ2n) is 1.69. The first-order valence-corrected chi connectivity index (χ1v) is 2.90. The van der Waals surface area contributed by atoms with E-state index in [9.17, 15) is 0 Å². The molecule has 1 unspecified atom stereocenters. The molecule has 0 aromatic heterocycles. The molecule has 1 aliphatic rings. The number of aliphatic imine (C=N–C) groups is 2. The average molecular weight is 147 g/mol. The van der Waals surface area contributed by atoms with E-state index in [0.717, 1.165) is 0 Å². The molecule has 0 aromatic rings. The van der Waals surface area contributed by atoms with Gasteiger partial charge in [0.1, 0.15) is 6.17 Å². The van der Waals surface area contributed by atoms with Crippen molar-refractivity contribution in [3.05, 3.63) is 0 Å². The van der Waals surface area contributed by atoms with Crippen molar-refractivity contribution in [2.45, 2.75) is 13.1 Å². The lowest BCUT2D eigenvalue weighted by Crippen LogP contribution is -2.38. The van der Waals surface area contributed by atoms with E-state index < -0.39 is 0 Å². The molecule has 0 fully saturated rings. The van der Waals surface area contributed by atoms with Crippen molar-refractivity contribution in [3.8, 4) is 0 Å². The molecule has 0 bridgehead atoms. The maximum atomic E-state index is 5.48. The van der Waals surface area contributed by atoms with E-state index in [4.69, 9.17) is 17.3 Å². The van der Waals surface area contributed by atoms with Crippen molar-refractivity contribution in [2.24, 2.45) is 15.7 Å². The molecule has 1 atom stereocenters. The zero-order valence-electron chi connectivity index (χ0n) is 4.93. The monoisotopic (exact) mass is 146 g/mol. The van der Waals surface area contributed by atoms with Crippen LogP contribution in [0.4, 0.5) is 0 Å². The van der Waals surface area contributed by atoms with Crippen LogP contribution in [0.2, 0.25) is 0 Å². The van der Waals surface area contributed by atoms with Gasteiger partial charge in [0.25, 0.3) is 0 Å². The van der Waals surface area contributed by atoms with Gasteiger partial charge in [0.15, 0.2) is 11.3 Å². The lowest BCUT2D eigenvalue weighted by Gasteiger charge is -2.11. The van der Waals surface area contributed by atoms with Gasteiger partial charge >= 0.3 is 0 Å². The summed E-state index contributed by atoms with van der Waals surface area (Å²) in [6, 6.07) is 0. The first-order chi connectivity index (χ1) is 4.18. The van der Waals surface area contributed by atoms with Crippen molar-refractivity contribution in [1.82, 2.24) is 5.32 Å². The Morgan fingerprint density at radius 1 is 1.67 bits per heavy atom. The maximum absolute atomic E-state index is 5.48. The highest BCUT2D eigenvalue weighted by Gasteiger charge is 2.06. The van der Waals surface area contributed by atoms with Gasteiger partial charge in [-0.05, 0) is 18.5 Å². The second-order valence-corrected chi connectivity index (χ2v) is 2.05. The molecule has 50 valence electrons. The first-order valence-electron chi connectivity index (χ1n) is 2.52. The molecule has 0 aromatic carbocycles. The predicted octanol–water partition coefficient (Wildman–Crippen LogP) is -0.155. The number of amidine groups is 1. The fourth-order valence-electron chi connectivity index (χ4n) is 0.564. The van der Waals surface area contributed by atoms with Crippen molar-refractivity contribution in [1.29, 1.82) is 0 Å². The second kappa shape index (κ2) is 2.23. The molecule has 4 nitrogen and oxygen atoms in total. The molecule has 1 heterocycles. The van der Waals surface area contributed by atoms with Gasteiger partial charge < -0.3 is 11.1 Å². The molecule has 0 saturated heterocycles. The van der Waals surface area contributed by atoms with Gasteiger partial charge in [-0.3, -0.25) is 0 Å². The van der Waals surface area contributed by atoms with Crippen LogP contribution < -0.4 is 11.1 Å². The van der Waals surface area contributed by atoms with E-state index in [1.165, 1.54) is 0 Å². The third-order valence-corrected chi connectivity index (χ3v) is 1.05. The van der Waals surface area contributed by atoms with Crippen LogP contribution >= 0.6 is 11.6 Å². The van der Waals surface area contributed by atoms with E-state index in [2.05, 4.69) is 15.3 Å². The number of nitrogens with zero attached hydrogens (tertiary/aromatic N) is 2. The number of halogens is 1. The van der Waals surface area contributed by atoms with Crippen LogP contribution in [-0.4, -0.2) is 17.4 Å². The molecule has 0 spiro atoms. The summed E-state index contributed by atoms with van der Waals surface area (Å²) in [5.41, 5.74) is 5.29. The SMILES string of the molecule is CC1N=C(N)NC(Cl)=N1. The molecule has 1 rings (SSSR count). The smallest absolute Gasteiger partial charge is 0.200 e. The van der Waals surface area contributed by atoms with E-state index in [1.807, 2.05) is 0 Å². The summed E-state index contributed by atoms with van der Waals surface area (Å²) < 4.78 is 0. The Labute approximate surface area is 57.8 Å². The summed E-state index contributed by atoms with van der Waals surface area (Å²) in [5, 5.41) is 2.85. The van der Waals surface area contributed by atoms with Crippen molar-refractivity contribution in [2.75, 3.05) is 0 Å². The number of guanidine groups is 1. The fraction of sp³-hybridized carbons (Fsp3) is 0.500. The van der Waals surface area contributed by atoms with Crippen LogP contribution in [0.15, 0.2) is 9.98 Å². The Bertz CT molecular complexity index is 155. The van der Waals surface area contributed by atoms with E-state index in [1.54, 1.807) is 6.92 Å². The summed E-state index contributed by atoms with van der Waals surface area (Å²) in [6.45, 7) is 1.80. The molecule has 1 aliphatic heterocycles. The van der Waals surface area contributed by atoms with Gasteiger partial charge in [-0.15, -0.1) is 0 Å². The van der Waals surface area contributed by atoms with Crippen molar-refractivity contribution in [3.63, 3.8) is 0 Å². The fourth-order valence-corrected chi connectivity index (χ4v) is 0.802. The van der Waals surface area contributed by atoms with Gasteiger partial charge in [0, 0.05) is 0 Å². The summed E-state index contributed by atoms with van der Waals surface area (Å²) in [4.78, 5) is 7.68. The summed E-state index contributed by atoms with van der Waals surface area (Å²) in [7, 11) is 0. The highest BCUT2D eigenvalue weighted by Crippen LogP contribution is 1.97. The Balaban J connectivity index is 2.69. The molecule has 3 N–H and O–H groups in total. The van der Waals surface area contributed by atoms with Crippen LogP contribution in [0.3, 0.4) is 0 Å². The number of nitrogens with one attached hydrogen (secondary N) is 1. The van der Waals surface area contributed by atoms with Gasteiger partial charge in [0.2, 0.25) is 0 Å². The normalized spacial score (nSPS) is 26.2. The lowest BCUT2D eigenvalue weighted by atomic mass is 10.6. The minimum Gasteiger partial charge on any atom is -0.370 e. The topological polar surface area (TPSA) is 62.8 Å².